The monoisotopic (exact) mass is 347 g/mol. The minimum atomic E-state index is 0.244. The van der Waals surface area contributed by atoms with E-state index in [1.807, 2.05) is 6.07 Å². The van der Waals surface area contributed by atoms with E-state index in [1.54, 1.807) is 17.6 Å². The second-order valence-electron chi connectivity index (χ2n) is 7.16. The Bertz CT molecular complexity index is 657. The summed E-state index contributed by atoms with van der Waals surface area (Å²) in [4.78, 5) is 9.64. The van der Waals surface area contributed by atoms with Gasteiger partial charge in [-0.15, -0.1) is 11.3 Å². The van der Waals surface area contributed by atoms with Crippen molar-refractivity contribution in [2.75, 3.05) is 39.4 Å². The quantitative estimate of drug-likeness (QED) is 0.851. The molecule has 1 atom stereocenters. The number of likely N-dealkylation sites (tertiary alicyclic amines) is 1. The zero-order valence-corrected chi connectivity index (χ0v) is 15.1. The Morgan fingerprint density at radius 2 is 2.12 bits per heavy atom. The SMILES string of the molecule is Cc1nc(CN2CCC3(COCCN(Cc4ccco4)C3)C2)cs1. The molecule has 0 amide bonds. The van der Waals surface area contributed by atoms with Crippen LogP contribution in [0.25, 0.3) is 0 Å². The number of furan rings is 1. The summed E-state index contributed by atoms with van der Waals surface area (Å²) >= 11 is 1.74. The van der Waals surface area contributed by atoms with E-state index in [4.69, 9.17) is 9.15 Å². The first-order valence-electron chi connectivity index (χ1n) is 8.67. The molecule has 0 radical (unpaired) electrons. The van der Waals surface area contributed by atoms with E-state index in [2.05, 4.69) is 33.2 Å². The van der Waals surface area contributed by atoms with Crippen molar-refractivity contribution in [2.24, 2.45) is 5.41 Å². The number of aryl methyl sites for hydroxylation is 1. The van der Waals surface area contributed by atoms with Crippen LogP contribution in [0.4, 0.5) is 0 Å². The van der Waals surface area contributed by atoms with Gasteiger partial charge in [0.2, 0.25) is 0 Å². The van der Waals surface area contributed by atoms with Crippen molar-refractivity contribution in [3.63, 3.8) is 0 Å². The topological polar surface area (TPSA) is 41.7 Å². The van der Waals surface area contributed by atoms with Crippen LogP contribution in [0.3, 0.4) is 0 Å². The summed E-state index contributed by atoms with van der Waals surface area (Å²) in [7, 11) is 0. The Balaban J connectivity index is 1.40. The second kappa shape index (κ2) is 6.96. The van der Waals surface area contributed by atoms with Gasteiger partial charge in [0.25, 0.3) is 0 Å². The van der Waals surface area contributed by atoms with Gasteiger partial charge in [0.15, 0.2) is 0 Å². The van der Waals surface area contributed by atoms with Gasteiger partial charge in [-0.25, -0.2) is 4.98 Å². The highest BCUT2D eigenvalue weighted by molar-refractivity contribution is 7.09. The minimum Gasteiger partial charge on any atom is -0.468 e. The van der Waals surface area contributed by atoms with Gasteiger partial charge < -0.3 is 9.15 Å². The highest BCUT2D eigenvalue weighted by atomic mass is 32.1. The fourth-order valence-corrected chi connectivity index (χ4v) is 4.56. The third-order valence-electron chi connectivity index (χ3n) is 5.05. The number of rotatable bonds is 4. The molecule has 2 saturated heterocycles. The van der Waals surface area contributed by atoms with Gasteiger partial charge in [-0.3, -0.25) is 9.80 Å². The Morgan fingerprint density at radius 3 is 2.88 bits per heavy atom. The van der Waals surface area contributed by atoms with E-state index in [0.29, 0.717) is 0 Å². The van der Waals surface area contributed by atoms with E-state index in [1.165, 1.54) is 12.1 Å². The third kappa shape index (κ3) is 3.72. The van der Waals surface area contributed by atoms with Crippen LogP contribution >= 0.6 is 11.3 Å². The van der Waals surface area contributed by atoms with Gasteiger partial charge in [-0.1, -0.05) is 0 Å². The molecule has 5 nitrogen and oxygen atoms in total. The van der Waals surface area contributed by atoms with Crippen LogP contribution in [0.2, 0.25) is 0 Å². The first-order chi connectivity index (χ1) is 11.7. The molecule has 0 aromatic carbocycles. The molecule has 0 saturated carbocycles. The normalized spacial score (nSPS) is 26.2. The van der Waals surface area contributed by atoms with Crippen molar-refractivity contribution in [1.29, 1.82) is 0 Å². The van der Waals surface area contributed by atoms with Gasteiger partial charge in [0, 0.05) is 37.0 Å². The van der Waals surface area contributed by atoms with Gasteiger partial charge in [-0.2, -0.15) is 0 Å². The molecule has 1 unspecified atom stereocenters. The molecule has 2 aromatic heterocycles. The van der Waals surface area contributed by atoms with Gasteiger partial charge >= 0.3 is 0 Å². The minimum absolute atomic E-state index is 0.244. The van der Waals surface area contributed by atoms with Crippen LogP contribution in [-0.2, 0) is 17.8 Å². The van der Waals surface area contributed by atoms with E-state index in [-0.39, 0.29) is 5.41 Å². The Kier molecular flexibility index (Phi) is 4.72. The lowest BCUT2D eigenvalue weighted by Gasteiger charge is -2.31. The Hall–Kier alpha value is -1.21. The molecule has 24 heavy (non-hydrogen) atoms. The van der Waals surface area contributed by atoms with Crippen molar-refractivity contribution in [3.8, 4) is 0 Å². The standard InChI is InChI=1S/C18H25N3O2S/c1-15-19-16(11-24-15)9-20-5-4-18(12-20)13-21(6-8-22-14-18)10-17-3-2-7-23-17/h2-3,7,11H,4-6,8-10,12-14H2,1H3. The number of thiazole rings is 1. The van der Waals surface area contributed by atoms with Crippen LogP contribution in [0.15, 0.2) is 28.2 Å². The van der Waals surface area contributed by atoms with Crippen LogP contribution < -0.4 is 0 Å². The smallest absolute Gasteiger partial charge is 0.117 e. The van der Waals surface area contributed by atoms with E-state index >= 15 is 0 Å². The van der Waals surface area contributed by atoms with E-state index in [9.17, 15) is 0 Å². The van der Waals surface area contributed by atoms with Crippen molar-refractivity contribution in [1.82, 2.24) is 14.8 Å². The summed E-state index contributed by atoms with van der Waals surface area (Å²) in [6, 6.07) is 4.02. The summed E-state index contributed by atoms with van der Waals surface area (Å²) in [5.41, 5.74) is 1.45. The first-order valence-corrected chi connectivity index (χ1v) is 9.55. The third-order valence-corrected chi connectivity index (χ3v) is 5.87. The van der Waals surface area contributed by atoms with Crippen molar-refractivity contribution in [3.05, 3.63) is 40.2 Å². The maximum absolute atomic E-state index is 5.97. The zero-order valence-electron chi connectivity index (χ0n) is 14.2. The lowest BCUT2D eigenvalue weighted by Crippen LogP contribution is -2.40. The van der Waals surface area contributed by atoms with Crippen molar-refractivity contribution < 1.29 is 9.15 Å². The average molecular weight is 347 g/mol. The summed E-state index contributed by atoms with van der Waals surface area (Å²) in [6.07, 6.45) is 2.96. The lowest BCUT2D eigenvalue weighted by molar-refractivity contribution is 0.0703. The number of hydrogen-bond acceptors (Lipinski definition) is 6. The molecule has 0 N–H and O–H groups in total. The van der Waals surface area contributed by atoms with Crippen LogP contribution in [0.5, 0.6) is 0 Å². The highest BCUT2D eigenvalue weighted by Crippen LogP contribution is 2.34. The lowest BCUT2D eigenvalue weighted by atomic mass is 9.87. The van der Waals surface area contributed by atoms with Crippen LogP contribution in [0, 0.1) is 12.3 Å². The summed E-state index contributed by atoms with van der Waals surface area (Å²) in [6.45, 7) is 9.89. The molecular weight excluding hydrogens is 322 g/mol. The summed E-state index contributed by atoms with van der Waals surface area (Å²) in [5.74, 6) is 1.04. The molecule has 2 aliphatic rings. The highest BCUT2D eigenvalue weighted by Gasteiger charge is 2.41. The molecule has 2 aromatic rings. The molecule has 2 aliphatic heterocycles. The number of nitrogens with zero attached hydrogens (tertiary/aromatic N) is 3. The van der Waals surface area contributed by atoms with Crippen molar-refractivity contribution >= 4 is 11.3 Å². The zero-order chi connectivity index (χ0) is 16.4. The largest absolute Gasteiger partial charge is 0.468 e. The first kappa shape index (κ1) is 16.3. The predicted octanol–water partition coefficient (Wildman–Crippen LogP) is 2.77. The fourth-order valence-electron chi connectivity index (χ4n) is 3.96. The number of hydrogen-bond donors (Lipinski definition) is 0. The molecule has 2 fully saturated rings. The molecule has 130 valence electrons. The van der Waals surface area contributed by atoms with E-state index < -0.39 is 0 Å². The Morgan fingerprint density at radius 1 is 1.25 bits per heavy atom. The maximum Gasteiger partial charge on any atom is 0.117 e. The van der Waals surface area contributed by atoms with Gasteiger partial charge in [0.1, 0.15) is 5.76 Å². The average Bonchev–Trinajstić information content (AvgIpc) is 3.25. The van der Waals surface area contributed by atoms with Crippen LogP contribution in [0.1, 0.15) is 22.9 Å². The van der Waals surface area contributed by atoms with Gasteiger partial charge in [0.05, 0.1) is 36.7 Å². The predicted molar refractivity (Wildman–Crippen MR) is 94.0 cm³/mol. The molecule has 1 spiro atoms. The maximum atomic E-state index is 5.97. The Labute approximate surface area is 147 Å². The molecule has 0 aliphatic carbocycles. The van der Waals surface area contributed by atoms with E-state index in [0.717, 1.165) is 63.3 Å². The van der Waals surface area contributed by atoms with Crippen LogP contribution in [-0.4, -0.2) is 54.2 Å². The molecular formula is C18H25N3O2S. The summed E-state index contributed by atoms with van der Waals surface area (Å²) in [5, 5.41) is 3.34. The molecule has 6 heteroatoms. The number of aromatic nitrogens is 1. The fraction of sp³-hybridized carbons (Fsp3) is 0.611. The second-order valence-corrected chi connectivity index (χ2v) is 8.22. The molecule has 4 rings (SSSR count). The van der Waals surface area contributed by atoms with Gasteiger partial charge in [-0.05, 0) is 32.0 Å². The van der Waals surface area contributed by atoms with Crippen molar-refractivity contribution in [2.45, 2.75) is 26.4 Å². The summed E-state index contributed by atoms with van der Waals surface area (Å²) < 4.78 is 11.5. The molecule has 4 heterocycles. The number of ether oxygens (including phenoxy) is 1. The molecule has 0 bridgehead atoms.